The van der Waals surface area contributed by atoms with Crippen LogP contribution < -0.4 is 11.1 Å². The normalized spacial score (nSPS) is 18.1. The summed E-state index contributed by atoms with van der Waals surface area (Å²) in [6.45, 7) is 1.89. The van der Waals surface area contributed by atoms with Gasteiger partial charge in [0.05, 0.1) is 5.56 Å². The molecule has 1 amide bonds. The Morgan fingerprint density at radius 3 is 2.83 bits per heavy atom. The van der Waals surface area contributed by atoms with Crippen molar-refractivity contribution in [1.82, 2.24) is 5.32 Å². The van der Waals surface area contributed by atoms with Crippen LogP contribution in [-0.4, -0.2) is 23.5 Å². The average molecular weight is 284 g/mol. The predicted octanol–water partition coefficient (Wildman–Crippen LogP) is 2.61. The summed E-state index contributed by atoms with van der Waals surface area (Å²) in [7, 11) is 0. The summed E-state index contributed by atoms with van der Waals surface area (Å²) in [6, 6.07) is 1.89. The minimum Gasteiger partial charge on any atom is -0.366 e. The van der Waals surface area contributed by atoms with Crippen LogP contribution in [0.3, 0.4) is 0 Å². The molecule has 1 saturated carbocycles. The van der Waals surface area contributed by atoms with Crippen LogP contribution in [0.4, 0.5) is 0 Å². The van der Waals surface area contributed by atoms with Gasteiger partial charge in [0.15, 0.2) is 0 Å². The molecule has 1 aromatic rings. The van der Waals surface area contributed by atoms with Gasteiger partial charge in [-0.05, 0) is 25.2 Å². The molecular formula is C13H20N2OS2. The lowest BCUT2D eigenvalue weighted by atomic mass is 10.1. The van der Waals surface area contributed by atoms with E-state index in [-0.39, 0.29) is 5.91 Å². The Kier molecular flexibility index (Phi) is 4.70. The number of thiophene rings is 1. The van der Waals surface area contributed by atoms with Crippen LogP contribution in [0, 0.1) is 0 Å². The van der Waals surface area contributed by atoms with Crippen LogP contribution in [0.2, 0.25) is 0 Å². The molecule has 1 aliphatic carbocycles. The van der Waals surface area contributed by atoms with Gasteiger partial charge >= 0.3 is 0 Å². The van der Waals surface area contributed by atoms with Gasteiger partial charge in [-0.2, -0.15) is 11.8 Å². The molecule has 0 spiro atoms. The van der Waals surface area contributed by atoms with Crippen molar-refractivity contribution in [2.24, 2.45) is 5.73 Å². The van der Waals surface area contributed by atoms with Crippen molar-refractivity contribution >= 4 is 29.0 Å². The molecule has 100 valence electrons. The van der Waals surface area contributed by atoms with Crippen LogP contribution in [-0.2, 0) is 6.54 Å². The van der Waals surface area contributed by atoms with E-state index in [1.807, 2.05) is 23.2 Å². The van der Waals surface area contributed by atoms with E-state index >= 15 is 0 Å². The Morgan fingerprint density at radius 2 is 2.28 bits per heavy atom. The van der Waals surface area contributed by atoms with Gasteiger partial charge in [0.25, 0.3) is 0 Å². The smallest absolute Gasteiger partial charge is 0.249 e. The second kappa shape index (κ2) is 6.08. The Hall–Kier alpha value is -0.520. The number of hydrogen-bond donors (Lipinski definition) is 2. The van der Waals surface area contributed by atoms with E-state index in [1.165, 1.54) is 30.6 Å². The van der Waals surface area contributed by atoms with Crippen LogP contribution in [0.25, 0.3) is 0 Å². The fourth-order valence-electron chi connectivity index (χ4n) is 2.49. The van der Waals surface area contributed by atoms with Crippen molar-refractivity contribution in [3.8, 4) is 0 Å². The van der Waals surface area contributed by atoms with E-state index in [1.54, 1.807) is 11.3 Å². The maximum Gasteiger partial charge on any atom is 0.249 e. The van der Waals surface area contributed by atoms with E-state index in [0.717, 1.165) is 13.1 Å². The highest BCUT2D eigenvalue weighted by Gasteiger charge is 2.32. The summed E-state index contributed by atoms with van der Waals surface area (Å²) >= 11 is 3.59. The third kappa shape index (κ3) is 3.28. The molecule has 0 bridgehead atoms. The van der Waals surface area contributed by atoms with Gasteiger partial charge in [-0.25, -0.2) is 0 Å². The Labute approximate surface area is 117 Å². The zero-order valence-electron chi connectivity index (χ0n) is 10.7. The molecule has 0 aromatic carbocycles. The molecule has 1 aliphatic rings. The van der Waals surface area contributed by atoms with Crippen LogP contribution in [0.1, 0.15) is 40.9 Å². The monoisotopic (exact) mass is 284 g/mol. The van der Waals surface area contributed by atoms with Crippen LogP contribution in [0.15, 0.2) is 11.4 Å². The number of thioether (sulfide) groups is 1. The lowest BCUT2D eigenvalue weighted by Gasteiger charge is -2.26. The largest absolute Gasteiger partial charge is 0.366 e. The molecule has 2 rings (SSSR count). The summed E-state index contributed by atoms with van der Waals surface area (Å²) in [6.07, 6.45) is 7.56. The number of hydrogen-bond acceptors (Lipinski definition) is 4. The Bertz CT molecular complexity index is 411. The molecule has 1 heterocycles. The number of nitrogens with one attached hydrogen (secondary N) is 1. The maximum atomic E-state index is 11.0. The molecule has 0 aliphatic heterocycles. The summed E-state index contributed by atoms with van der Waals surface area (Å²) in [5.74, 6) is -0.339. The summed E-state index contributed by atoms with van der Waals surface area (Å²) in [5.41, 5.74) is 5.86. The van der Waals surface area contributed by atoms with Crippen molar-refractivity contribution in [2.45, 2.75) is 37.0 Å². The van der Waals surface area contributed by atoms with E-state index < -0.39 is 0 Å². The van der Waals surface area contributed by atoms with Gasteiger partial charge in [0, 0.05) is 28.1 Å². The highest BCUT2D eigenvalue weighted by molar-refractivity contribution is 8.00. The highest BCUT2D eigenvalue weighted by Crippen LogP contribution is 2.39. The van der Waals surface area contributed by atoms with Crippen molar-refractivity contribution in [3.05, 3.63) is 21.9 Å². The first kappa shape index (κ1) is 13.9. The van der Waals surface area contributed by atoms with Gasteiger partial charge in [-0.15, -0.1) is 11.3 Å². The molecule has 18 heavy (non-hydrogen) atoms. The van der Waals surface area contributed by atoms with Crippen molar-refractivity contribution in [2.75, 3.05) is 12.8 Å². The zero-order chi connectivity index (χ0) is 13.0. The molecule has 0 radical (unpaired) electrons. The molecule has 0 saturated heterocycles. The molecule has 3 N–H and O–H groups in total. The third-order valence-corrected chi connectivity index (χ3v) is 5.99. The summed E-state index contributed by atoms with van der Waals surface area (Å²) < 4.78 is 0.434. The molecule has 5 heteroatoms. The number of carbonyl (C=O) groups is 1. The number of amides is 1. The van der Waals surface area contributed by atoms with Crippen molar-refractivity contribution < 1.29 is 4.79 Å². The lowest BCUT2D eigenvalue weighted by Crippen LogP contribution is -2.34. The van der Waals surface area contributed by atoms with Gasteiger partial charge < -0.3 is 11.1 Å². The lowest BCUT2D eigenvalue weighted by molar-refractivity contribution is 0.100. The van der Waals surface area contributed by atoms with E-state index in [4.69, 9.17) is 5.73 Å². The van der Waals surface area contributed by atoms with E-state index in [0.29, 0.717) is 10.3 Å². The second-order valence-electron chi connectivity index (χ2n) is 4.86. The van der Waals surface area contributed by atoms with Gasteiger partial charge in [-0.3, -0.25) is 4.79 Å². The van der Waals surface area contributed by atoms with E-state index in [2.05, 4.69) is 11.6 Å². The number of nitrogens with two attached hydrogens (primary N) is 1. The first-order chi connectivity index (χ1) is 8.65. The molecular weight excluding hydrogens is 264 g/mol. The first-order valence-corrected chi connectivity index (χ1v) is 8.39. The summed E-state index contributed by atoms with van der Waals surface area (Å²) in [5, 5.41) is 5.36. The maximum absolute atomic E-state index is 11.0. The summed E-state index contributed by atoms with van der Waals surface area (Å²) in [4.78, 5) is 12.2. The van der Waals surface area contributed by atoms with Crippen molar-refractivity contribution in [1.29, 1.82) is 0 Å². The fourth-order valence-corrected chi connectivity index (χ4v) is 4.27. The van der Waals surface area contributed by atoms with Gasteiger partial charge in [0.1, 0.15) is 0 Å². The number of rotatable bonds is 6. The highest BCUT2D eigenvalue weighted by atomic mass is 32.2. The Morgan fingerprint density at radius 1 is 1.56 bits per heavy atom. The zero-order valence-corrected chi connectivity index (χ0v) is 12.3. The topological polar surface area (TPSA) is 55.1 Å². The van der Waals surface area contributed by atoms with Gasteiger partial charge in [-0.1, -0.05) is 12.8 Å². The third-order valence-electron chi connectivity index (χ3n) is 3.63. The molecule has 3 nitrogen and oxygen atoms in total. The molecule has 1 fully saturated rings. The molecule has 0 unspecified atom stereocenters. The van der Waals surface area contributed by atoms with E-state index in [9.17, 15) is 4.79 Å². The van der Waals surface area contributed by atoms with Crippen molar-refractivity contribution in [3.63, 3.8) is 0 Å². The Balaban J connectivity index is 1.82. The first-order valence-electron chi connectivity index (χ1n) is 6.28. The van der Waals surface area contributed by atoms with Gasteiger partial charge in [0.2, 0.25) is 5.91 Å². The quantitative estimate of drug-likeness (QED) is 0.844. The standard InChI is InChI=1S/C13H20N2OS2/c1-17-13(4-2-3-5-13)9-15-7-11-6-10(8-18-11)12(14)16/h6,8,15H,2-5,7,9H2,1H3,(H2,14,16). The predicted molar refractivity (Wildman–Crippen MR) is 79.3 cm³/mol. The molecule has 1 aromatic heterocycles. The minimum atomic E-state index is -0.339. The number of primary amides is 1. The van der Waals surface area contributed by atoms with Crippen LogP contribution >= 0.6 is 23.1 Å². The minimum absolute atomic E-state index is 0.339. The second-order valence-corrected chi connectivity index (χ2v) is 7.13. The van der Waals surface area contributed by atoms with Crippen LogP contribution in [0.5, 0.6) is 0 Å². The molecule has 0 atom stereocenters. The SMILES string of the molecule is CSC1(CNCc2cc(C(N)=O)cs2)CCCC1. The fraction of sp³-hybridized carbons (Fsp3) is 0.615. The number of carbonyl (C=O) groups excluding carboxylic acids is 1. The average Bonchev–Trinajstić information content (AvgIpc) is 2.98.